The summed E-state index contributed by atoms with van der Waals surface area (Å²) in [5.74, 6) is -0.903. The maximum absolute atomic E-state index is 13.2. The Morgan fingerprint density at radius 1 is 1.35 bits per heavy atom. The predicted octanol–water partition coefficient (Wildman–Crippen LogP) is 3.51. The van der Waals surface area contributed by atoms with Crippen LogP contribution in [0.15, 0.2) is 35.2 Å². The normalized spacial score (nSPS) is 11.3. The summed E-state index contributed by atoms with van der Waals surface area (Å²) in [6.07, 6.45) is 0. The minimum atomic E-state index is -5.01. The van der Waals surface area contributed by atoms with E-state index in [1.54, 1.807) is 24.3 Å². The molecule has 0 amide bonds. The van der Waals surface area contributed by atoms with Gasteiger partial charge in [-0.15, -0.1) is 15.2 Å². The maximum Gasteiger partial charge on any atom is 0.349 e. The van der Waals surface area contributed by atoms with Gasteiger partial charge in [-0.2, -0.15) is 8.42 Å². The summed E-state index contributed by atoms with van der Waals surface area (Å²) in [7, 11) is -3.92. The van der Waals surface area contributed by atoms with Crippen molar-refractivity contribution < 1.29 is 21.8 Å². The highest BCUT2D eigenvalue weighted by molar-refractivity contribution is 7.86. The fourth-order valence-corrected chi connectivity index (χ4v) is 3.79. The second-order valence-corrected chi connectivity index (χ2v) is 6.55. The van der Waals surface area contributed by atoms with E-state index in [1.165, 1.54) is 0 Å². The van der Waals surface area contributed by atoms with Gasteiger partial charge in [0.25, 0.3) is 0 Å². The number of thiophene rings is 1. The molecular formula is C12H8ClFO4S2. The Morgan fingerprint density at radius 3 is 2.60 bits per heavy atom. The van der Waals surface area contributed by atoms with Gasteiger partial charge in [-0.25, -0.2) is 4.79 Å². The minimum Gasteiger partial charge on any atom is -0.465 e. The van der Waals surface area contributed by atoms with Crippen molar-refractivity contribution in [3.05, 3.63) is 40.2 Å². The van der Waals surface area contributed by atoms with Crippen molar-refractivity contribution in [2.45, 2.75) is 4.90 Å². The molecule has 0 spiro atoms. The van der Waals surface area contributed by atoms with E-state index >= 15 is 0 Å². The highest BCUT2D eigenvalue weighted by atomic mass is 35.5. The van der Waals surface area contributed by atoms with E-state index in [2.05, 4.69) is 4.74 Å². The first-order valence-corrected chi connectivity index (χ1v) is 7.83. The molecule has 2 aromatic rings. The molecule has 2 rings (SSSR count). The Bertz CT molecular complexity index is 768. The van der Waals surface area contributed by atoms with Gasteiger partial charge in [0.1, 0.15) is 9.77 Å². The predicted molar refractivity (Wildman–Crippen MR) is 74.4 cm³/mol. The Hall–Kier alpha value is -1.44. The van der Waals surface area contributed by atoms with Crippen molar-refractivity contribution in [3.63, 3.8) is 0 Å². The van der Waals surface area contributed by atoms with Gasteiger partial charge in [0.05, 0.1) is 7.11 Å². The van der Waals surface area contributed by atoms with Gasteiger partial charge in [0.15, 0.2) is 0 Å². The molecule has 106 valence electrons. The summed E-state index contributed by atoms with van der Waals surface area (Å²) in [6.45, 7) is 0. The second kappa shape index (κ2) is 5.51. The van der Waals surface area contributed by atoms with Gasteiger partial charge in [-0.3, -0.25) is 0 Å². The summed E-state index contributed by atoms with van der Waals surface area (Å²) in [5, 5.41) is 0.445. The average Bonchev–Trinajstić information content (AvgIpc) is 2.82. The van der Waals surface area contributed by atoms with Crippen LogP contribution >= 0.6 is 22.9 Å². The number of esters is 1. The fourth-order valence-electron chi connectivity index (χ4n) is 1.57. The Kier molecular flexibility index (Phi) is 4.12. The zero-order valence-electron chi connectivity index (χ0n) is 10.1. The lowest BCUT2D eigenvalue weighted by Gasteiger charge is -1.97. The van der Waals surface area contributed by atoms with Gasteiger partial charge in [-0.05, 0) is 23.8 Å². The van der Waals surface area contributed by atoms with Crippen LogP contribution in [0.25, 0.3) is 10.4 Å². The molecule has 0 aliphatic rings. The number of rotatable bonds is 3. The van der Waals surface area contributed by atoms with Crippen molar-refractivity contribution in [2.24, 2.45) is 0 Å². The first-order valence-electron chi connectivity index (χ1n) is 5.25. The molecule has 1 heterocycles. The molecule has 0 saturated heterocycles. The number of methoxy groups -OCH3 is 1. The van der Waals surface area contributed by atoms with Crippen molar-refractivity contribution in [2.75, 3.05) is 7.11 Å². The standard InChI is InChI=1S/C12H8ClFO4S2/c1-18-12(15)11-10(20(14,16)17)6-9(19-11)7-3-2-4-8(13)5-7/h2-6H,1H3. The molecule has 1 aromatic carbocycles. The number of hydrogen-bond acceptors (Lipinski definition) is 5. The molecule has 0 aliphatic heterocycles. The third-order valence-electron chi connectivity index (χ3n) is 2.44. The topological polar surface area (TPSA) is 60.4 Å². The summed E-state index contributed by atoms with van der Waals surface area (Å²) in [6, 6.07) is 7.67. The van der Waals surface area contributed by atoms with Gasteiger partial charge < -0.3 is 4.74 Å². The Morgan fingerprint density at radius 2 is 2.05 bits per heavy atom. The third kappa shape index (κ3) is 3.00. The molecule has 4 nitrogen and oxygen atoms in total. The van der Waals surface area contributed by atoms with Crippen molar-refractivity contribution in [3.8, 4) is 10.4 Å². The Labute approximate surface area is 124 Å². The van der Waals surface area contributed by atoms with Crippen LogP contribution in [0.2, 0.25) is 5.02 Å². The van der Waals surface area contributed by atoms with Crippen LogP contribution in [-0.4, -0.2) is 21.5 Å². The van der Waals surface area contributed by atoms with E-state index in [-0.39, 0.29) is 4.88 Å². The van der Waals surface area contributed by atoms with E-state index in [0.717, 1.165) is 24.5 Å². The highest BCUT2D eigenvalue weighted by Gasteiger charge is 2.26. The smallest absolute Gasteiger partial charge is 0.349 e. The van der Waals surface area contributed by atoms with Crippen LogP contribution in [0.1, 0.15) is 9.67 Å². The number of benzene rings is 1. The molecular weight excluding hydrogens is 327 g/mol. The van der Waals surface area contributed by atoms with Crippen LogP contribution in [-0.2, 0) is 15.0 Å². The van der Waals surface area contributed by atoms with Crippen LogP contribution in [0.4, 0.5) is 3.89 Å². The van der Waals surface area contributed by atoms with Gasteiger partial charge in [0.2, 0.25) is 0 Å². The molecule has 1 aromatic heterocycles. The monoisotopic (exact) mass is 334 g/mol. The zero-order valence-corrected chi connectivity index (χ0v) is 12.5. The van der Waals surface area contributed by atoms with E-state index in [9.17, 15) is 17.1 Å². The summed E-state index contributed by atoms with van der Waals surface area (Å²) in [4.78, 5) is 10.9. The van der Waals surface area contributed by atoms with Crippen LogP contribution < -0.4 is 0 Å². The van der Waals surface area contributed by atoms with Crippen LogP contribution in [0.5, 0.6) is 0 Å². The molecule has 0 aliphatic carbocycles. The minimum absolute atomic E-state index is 0.301. The highest BCUT2D eigenvalue weighted by Crippen LogP contribution is 2.36. The number of hydrogen-bond donors (Lipinski definition) is 0. The largest absolute Gasteiger partial charge is 0.465 e. The van der Waals surface area contributed by atoms with Crippen molar-refractivity contribution in [1.82, 2.24) is 0 Å². The number of ether oxygens (including phenoxy) is 1. The lowest BCUT2D eigenvalue weighted by Crippen LogP contribution is -2.03. The molecule has 0 radical (unpaired) electrons. The number of carbonyl (C=O) groups excluding carboxylic acids is 1. The summed E-state index contributed by atoms with van der Waals surface area (Å²) >= 11 is 6.67. The number of halogens is 2. The molecule has 0 atom stereocenters. The third-order valence-corrected chi connectivity index (χ3v) is 4.82. The van der Waals surface area contributed by atoms with Gasteiger partial charge in [-0.1, -0.05) is 23.7 Å². The maximum atomic E-state index is 13.2. The summed E-state index contributed by atoms with van der Waals surface area (Å²) < 4.78 is 39.9. The Balaban J connectivity index is 2.63. The van der Waals surface area contributed by atoms with Gasteiger partial charge in [0, 0.05) is 9.90 Å². The molecule has 0 fully saturated rings. The van der Waals surface area contributed by atoms with E-state index in [1.807, 2.05) is 0 Å². The van der Waals surface area contributed by atoms with Crippen molar-refractivity contribution >= 4 is 39.1 Å². The quantitative estimate of drug-likeness (QED) is 0.636. The molecule has 20 heavy (non-hydrogen) atoms. The number of carbonyl (C=O) groups is 1. The van der Waals surface area contributed by atoms with Crippen LogP contribution in [0, 0.1) is 0 Å². The first-order chi connectivity index (χ1) is 9.32. The van der Waals surface area contributed by atoms with E-state index in [0.29, 0.717) is 15.5 Å². The molecule has 0 unspecified atom stereocenters. The average molecular weight is 335 g/mol. The fraction of sp³-hybridized carbons (Fsp3) is 0.0833. The first kappa shape index (κ1) is 15.0. The van der Waals surface area contributed by atoms with Crippen molar-refractivity contribution in [1.29, 1.82) is 0 Å². The molecule has 0 N–H and O–H groups in total. The van der Waals surface area contributed by atoms with Gasteiger partial charge >= 0.3 is 16.2 Å². The van der Waals surface area contributed by atoms with E-state index in [4.69, 9.17) is 11.6 Å². The molecule has 0 bridgehead atoms. The molecule has 8 heteroatoms. The zero-order chi connectivity index (χ0) is 14.9. The second-order valence-electron chi connectivity index (χ2n) is 3.74. The molecule has 0 saturated carbocycles. The lowest BCUT2D eigenvalue weighted by atomic mass is 10.2. The SMILES string of the molecule is COC(=O)c1sc(-c2cccc(Cl)c2)cc1S(=O)(=O)F. The van der Waals surface area contributed by atoms with Crippen LogP contribution in [0.3, 0.4) is 0 Å². The van der Waals surface area contributed by atoms with E-state index < -0.39 is 21.1 Å². The lowest BCUT2D eigenvalue weighted by molar-refractivity contribution is 0.0602. The summed E-state index contributed by atoms with van der Waals surface area (Å²) in [5.41, 5.74) is 0.586.